The predicted octanol–water partition coefficient (Wildman–Crippen LogP) is 3.65. The summed E-state index contributed by atoms with van der Waals surface area (Å²) in [6, 6.07) is 0. The minimum Gasteiger partial charge on any atom is -0.290 e. The summed E-state index contributed by atoms with van der Waals surface area (Å²) in [6.07, 6.45) is 14.5. The molecule has 0 aromatic carbocycles. The molecule has 0 atom stereocenters. The average molecular weight is 266 g/mol. The van der Waals surface area contributed by atoms with E-state index in [0.29, 0.717) is 0 Å². The molecule has 0 unspecified atom stereocenters. The first-order chi connectivity index (χ1) is 9.47. The van der Waals surface area contributed by atoms with E-state index in [4.69, 9.17) is 0 Å². The molecule has 2 nitrogen and oxygen atoms in total. The van der Waals surface area contributed by atoms with Crippen LogP contribution in [0.25, 0.3) is 0 Å². The number of carbonyl (C=O) groups excluding carboxylic acids is 2. The van der Waals surface area contributed by atoms with Crippen LogP contribution in [0.2, 0.25) is 0 Å². The van der Waals surface area contributed by atoms with E-state index < -0.39 is 0 Å². The van der Waals surface area contributed by atoms with Gasteiger partial charge in [0.05, 0.1) is 0 Å². The molecule has 2 aliphatic carbocycles. The Hall–Kier alpha value is -2.22. The van der Waals surface area contributed by atoms with Crippen molar-refractivity contribution in [3.8, 4) is 0 Å². The Bertz CT molecular complexity index is 632. The van der Waals surface area contributed by atoms with Gasteiger partial charge >= 0.3 is 0 Å². The summed E-state index contributed by atoms with van der Waals surface area (Å²) < 4.78 is 0. The van der Waals surface area contributed by atoms with Gasteiger partial charge in [-0.15, -0.1) is 0 Å². The highest BCUT2D eigenvalue weighted by Gasteiger charge is 2.14. The van der Waals surface area contributed by atoms with Gasteiger partial charge in [0.15, 0.2) is 11.6 Å². The molecule has 0 radical (unpaired) electrons. The van der Waals surface area contributed by atoms with Crippen LogP contribution in [0.1, 0.15) is 20.8 Å². The van der Waals surface area contributed by atoms with Crippen molar-refractivity contribution in [2.45, 2.75) is 20.8 Å². The Morgan fingerprint density at radius 1 is 0.850 bits per heavy atom. The first-order valence-corrected chi connectivity index (χ1v) is 6.74. The molecule has 0 saturated carbocycles. The number of rotatable bonds is 2. The molecule has 0 fully saturated rings. The zero-order valence-corrected chi connectivity index (χ0v) is 12.0. The Morgan fingerprint density at radius 2 is 1.40 bits per heavy atom. The predicted molar refractivity (Wildman–Crippen MR) is 81.1 cm³/mol. The molecule has 2 aliphatic rings. The van der Waals surface area contributed by atoms with Crippen LogP contribution in [0.4, 0.5) is 0 Å². The second-order valence-electron chi connectivity index (χ2n) is 5.31. The van der Waals surface area contributed by atoms with Gasteiger partial charge in [-0.3, -0.25) is 9.59 Å². The highest BCUT2D eigenvalue weighted by Crippen LogP contribution is 2.20. The van der Waals surface area contributed by atoms with Crippen molar-refractivity contribution in [1.29, 1.82) is 0 Å². The summed E-state index contributed by atoms with van der Waals surface area (Å²) in [5.74, 6) is 0.362. The summed E-state index contributed by atoms with van der Waals surface area (Å²) in [5, 5.41) is 0. The lowest BCUT2D eigenvalue weighted by Gasteiger charge is -2.12. The van der Waals surface area contributed by atoms with Crippen LogP contribution in [-0.2, 0) is 9.59 Å². The average Bonchev–Trinajstić information content (AvgIpc) is 2.41. The first kappa shape index (κ1) is 14.2. The van der Waals surface area contributed by atoms with Crippen LogP contribution in [0.3, 0.4) is 0 Å². The van der Waals surface area contributed by atoms with Crippen molar-refractivity contribution in [3.63, 3.8) is 0 Å². The molecule has 0 saturated heterocycles. The van der Waals surface area contributed by atoms with Gasteiger partial charge in [-0.1, -0.05) is 38.2 Å². The summed E-state index contributed by atoms with van der Waals surface area (Å²) in [7, 11) is 0. The second-order valence-corrected chi connectivity index (χ2v) is 5.31. The van der Waals surface area contributed by atoms with Gasteiger partial charge in [-0.25, -0.2) is 0 Å². The van der Waals surface area contributed by atoms with E-state index in [1.165, 1.54) is 0 Å². The minimum atomic E-state index is 0.0555. The number of allylic oxidation sites excluding steroid dienone is 12. The highest BCUT2D eigenvalue weighted by molar-refractivity contribution is 6.06. The third kappa shape index (κ3) is 3.21. The molecule has 102 valence electrons. The zero-order valence-electron chi connectivity index (χ0n) is 12.0. The summed E-state index contributed by atoms with van der Waals surface area (Å²) in [6.45, 7) is 5.84. The third-order valence-corrected chi connectivity index (χ3v) is 3.32. The van der Waals surface area contributed by atoms with Gasteiger partial charge in [-0.05, 0) is 53.9 Å². The summed E-state index contributed by atoms with van der Waals surface area (Å²) in [4.78, 5) is 23.1. The van der Waals surface area contributed by atoms with Crippen LogP contribution in [0, 0.1) is 5.92 Å². The molecular formula is C18H18O2. The molecule has 0 heterocycles. The van der Waals surface area contributed by atoms with Gasteiger partial charge < -0.3 is 0 Å². The van der Waals surface area contributed by atoms with E-state index in [9.17, 15) is 9.59 Å². The van der Waals surface area contributed by atoms with Crippen molar-refractivity contribution < 1.29 is 9.59 Å². The molecule has 0 spiro atoms. The Balaban J connectivity index is 2.25. The van der Waals surface area contributed by atoms with Gasteiger partial charge in [-0.2, -0.15) is 0 Å². The van der Waals surface area contributed by atoms with Crippen LogP contribution in [0.5, 0.6) is 0 Å². The van der Waals surface area contributed by atoms with Gasteiger partial charge in [0, 0.05) is 5.57 Å². The summed E-state index contributed by atoms with van der Waals surface area (Å²) >= 11 is 0. The molecule has 0 amide bonds. The lowest BCUT2D eigenvalue weighted by molar-refractivity contribution is -0.112. The molecule has 2 rings (SSSR count). The minimum absolute atomic E-state index is 0.0555. The molecular weight excluding hydrogens is 248 g/mol. The first-order valence-electron chi connectivity index (χ1n) is 6.74. The standard InChI is InChI=1S/C18H18O2/c1-12(2)16-11-15(7-9-18(16)20)5-4-14-6-8-17(19)13(3)10-14/h4-12H,1-3H3/b14-4+,15-5+. The van der Waals surface area contributed by atoms with E-state index in [1.54, 1.807) is 18.2 Å². The van der Waals surface area contributed by atoms with Crippen molar-refractivity contribution in [1.82, 2.24) is 0 Å². The van der Waals surface area contributed by atoms with E-state index in [2.05, 4.69) is 0 Å². The SMILES string of the molecule is CC1=C/C(=C/C=C2\C=CC(=O)C(C(C)C)=C2)C=CC1=O. The van der Waals surface area contributed by atoms with Crippen LogP contribution < -0.4 is 0 Å². The fourth-order valence-corrected chi connectivity index (χ4v) is 2.09. The quantitative estimate of drug-likeness (QED) is 0.764. The van der Waals surface area contributed by atoms with Gasteiger partial charge in [0.2, 0.25) is 0 Å². The summed E-state index contributed by atoms with van der Waals surface area (Å²) in [5.41, 5.74) is 3.56. The number of carbonyl (C=O) groups is 2. The maximum Gasteiger partial charge on any atom is 0.182 e. The molecule has 0 bridgehead atoms. The molecule has 0 aromatic heterocycles. The number of ketones is 2. The highest BCUT2D eigenvalue weighted by atomic mass is 16.1. The van der Waals surface area contributed by atoms with Crippen molar-refractivity contribution in [2.24, 2.45) is 5.92 Å². The second kappa shape index (κ2) is 5.83. The fraction of sp³-hybridized carbons (Fsp3) is 0.222. The number of hydrogen-bond acceptors (Lipinski definition) is 2. The van der Waals surface area contributed by atoms with Crippen LogP contribution in [0.15, 0.2) is 70.9 Å². The van der Waals surface area contributed by atoms with E-state index in [-0.39, 0.29) is 17.5 Å². The van der Waals surface area contributed by atoms with Crippen LogP contribution >= 0.6 is 0 Å². The molecule has 2 heteroatoms. The lowest BCUT2D eigenvalue weighted by atomic mass is 9.92. The topological polar surface area (TPSA) is 34.1 Å². The Kier molecular flexibility index (Phi) is 4.14. The van der Waals surface area contributed by atoms with Crippen molar-refractivity contribution in [2.75, 3.05) is 0 Å². The molecule has 0 N–H and O–H groups in total. The normalized spacial score (nSPS) is 22.8. The lowest BCUT2D eigenvalue weighted by Crippen LogP contribution is -2.08. The largest absolute Gasteiger partial charge is 0.290 e. The Labute approximate surface area is 119 Å². The smallest absolute Gasteiger partial charge is 0.182 e. The Morgan fingerprint density at radius 3 is 1.95 bits per heavy atom. The van der Waals surface area contributed by atoms with E-state index in [1.807, 2.05) is 51.2 Å². The van der Waals surface area contributed by atoms with E-state index in [0.717, 1.165) is 22.3 Å². The number of hydrogen-bond donors (Lipinski definition) is 0. The van der Waals surface area contributed by atoms with Gasteiger partial charge in [0.1, 0.15) is 0 Å². The maximum atomic E-state index is 11.7. The molecule has 0 aromatic rings. The third-order valence-electron chi connectivity index (χ3n) is 3.32. The molecule has 0 aliphatic heterocycles. The van der Waals surface area contributed by atoms with Crippen LogP contribution in [-0.4, -0.2) is 11.6 Å². The zero-order chi connectivity index (χ0) is 14.7. The van der Waals surface area contributed by atoms with Crippen molar-refractivity contribution >= 4 is 11.6 Å². The monoisotopic (exact) mass is 266 g/mol. The van der Waals surface area contributed by atoms with Crippen molar-refractivity contribution in [3.05, 3.63) is 70.9 Å². The molecule has 20 heavy (non-hydrogen) atoms. The maximum absolute atomic E-state index is 11.7. The van der Waals surface area contributed by atoms with E-state index >= 15 is 0 Å². The fourth-order valence-electron chi connectivity index (χ4n) is 2.09. The van der Waals surface area contributed by atoms with Gasteiger partial charge in [0.25, 0.3) is 0 Å².